The standard InChI is InChI=1S/C8H7O/c9-7-6-8-4-2-1-3-5-8/h1-4,7H,6H2. The molecule has 9 heavy (non-hydrogen) atoms. The fourth-order valence-corrected chi connectivity index (χ4v) is 0.647. The monoisotopic (exact) mass is 119 g/mol. The predicted octanol–water partition coefficient (Wildman–Crippen LogP) is 1.23. The van der Waals surface area contributed by atoms with E-state index in [9.17, 15) is 4.79 Å². The molecule has 1 radical (unpaired) electrons. The molecule has 1 rings (SSSR count). The summed E-state index contributed by atoms with van der Waals surface area (Å²) < 4.78 is 0. The Morgan fingerprint density at radius 3 is 3.00 bits per heavy atom. The van der Waals surface area contributed by atoms with Crippen molar-refractivity contribution in [3.63, 3.8) is 0 Å². The highest BCUT2D eigenvalue weighted by atomic mass is 16.1. The molecule has 0 atom stereocenters. The maximum Gasteiger partial charge on any atom is 0.124 e. The van der Waals surface area contributed by atoms with Gasteiger partial charge in [-0.1, -0.05) is 24.3 Å². The molecule has 0 fully saturated rings. The van der Waals surface area contributed by atoms with Gasteiger partial charge in [-0.25, -0.2) is 0 Å². The lowest BCUT2D eigenvalue weighted by Crippen LogP contribution is -1.82. The molecule has 1 aromatic rings. The lowest BCUT2D eigenvalue weighted by molar-refractivity contribution is -0.107. The topological polar surface area (TPSA) is 17.1 Å². The Morgan fingerprint density at radius 1 is 1.56 bits per heavy atom. The van der Waals surface area contributed by atoms with Gasteiger partial charge >= 0.3 is 0 Å². The molecular weight excluding hydrogens is 112 g/mol. The number of carbonyl (C=O) groups is 1. The number of carbonyl (C=O) groups excluding carboxylic acids is 1. The summed E-state index contributed by atoms with van der Waals surface area (Å²) in [5, 5.41) is 0. The minimum Gasteiger partial charge on any atom is -0.303 e. The van der Waals surface area contributed by atoms with Gasteiger partial charge in [-0.05, 0) is 11.6 Å². The molecule has 45 valence electrons. The molecule has 0 aliphatic heterocycles. The molecule has 0 aliphatic rings. The summed E-state index contributed by atoms with van der Waals surface area (Å²) in [6, 6.07) is 10.4. The highest BCUT2D eigenvalue weighted by Crippen LogP contribution is 1.95. The van der Waals surface area contributed by atoms with Gasteiger partial charge in [-0.15, -0.1) is 0 Å². The van der Waals surface area contributed by atoms with Gasteiger partial charge in [0, 0.05) is 6.42 Å². The van der Waals surface area contributed by atoms with Gasteiger partial charge in [0.05, 0.1) is 0 Å². The van der Waals surface area contributed by atoms with Crippen LogP contribution in [-0.4, -0.2) is 6.29 Å². The third-order valence-electron chi connectivity index (χ3n) is 1.08. The summed E-state index contributed by atoms with van der Waals surface area (Å²) in [5.74, 6) is 0. The number of rotatable bonds is 2. The molecule has 0 N–H and O–H groups in total. The van der Waals surface area contributed by atoms with Crippen LogP contribution in [0.2, 0.25) is 0 Å². The Bertz CT molecular complexity index is 179. The van der Waals surface area contributed by atoms with Crippen molar-refractivity contribution in [1.29, 1.82) is 0 Å². The highest BCUT2D eigenvalue weighted by Gasteiger charge is 1.85. The van der Waals surface area contributed by atoms with E-state index >= 15 is 0 Å². The summed E-state index contributed by atoms with van der Waals surface area (Å²) >= 11 is 0. The molecule has 0 heterocycles. The van der Waals surface area contributed by atoms with E-state index in [2.05, 4.69) is 6.07 Å². The van der Waals surface area contributed by atoms with Crippen molar-refractivity contribution in [3.8, 4) is 0 Å². The Kier molecular flexibility index (Phi) is 2.02. The van der Waals surface area contributed by atoms with E-state index in [0.717, 1.165) is 11.8 Å². The van der Waals surface area contributed by atoms with Crippen LogP contribution < -0.4 is 0 Å². The number of aldehydes is 1. The van der Waals surface area contributed by atoms with Crippen LogP contribution in [0.1, 0.15) is 5.56 Å². The fraction of sp³-hybridized carbons (Fsp3) is 0.125. The van der Waals surface area contributed by atoms with E-state index in [4.69, 9.17) is 0 Å². The smallest absolute Gasteiger partial charge is 0.124 e. The molecular formula is C8H7O. The van der Waals surface area contributed by atoms with Gasteiger partial charge in [0.25, 0.3) is 0 Å². The van der Waals surface area contributed by atoms with Crippen LogP contribution in [0.3, 0.4) is 0 Å². The molecule has 0 saturated carbocycles. The molecule has 0 unspecified atom stereocenters. The second-order valence-electron chi connectivity index (χ2n) is 1.76. The van der Waals surface area contributed by atoms with Crippen molar-refractivity contribution in [3.05, 3.63) is 35.9 Å². The summed E-state index contributed by atoms with van der Waals surface area (Å²) in [4.78, 5) is 9.95. The summed E-state index contributed by atoms with van der Waals surface area (Å²) in [6.07, 6.45) is 1.35. The first-order valence-electron chi connectivity index (χ1n) is 2.82. The fourth-order valence-electron chi connectivity index (χ4n) is 0.647. The summed E-state index contributed by atoms with van der Waals surface area (Å²) in [7, 11) is 0. The second kappa shape index (κ2) is 3.02. The van der Waals surface area contributed by atoms with Gasteiger partial charge < -0.3 is 4.79 Å². The number of hydrogen-bond donors (Lipinski definition) is 0. The van der Waals surface area contributed by atoms with Crippen LogP contribution in [-0.2, 0) is 11.2 Å². The highest BCUT2D eigenvalue weighted by molar-refractivity contribution is 5.54. The zero-order valence-corrected chi connectivity index (χ0v) is 5.00. The molecule has 0 aliphatic carbocycles. The van der Waals surface area contributed by atoms with Crippen LogP contribution in [0.5, 0.6) is 0 Å². The van der Waals surface area contributed by atoms with Crippen molar-refractivity contribution in [2.45, 2.75) is 6.42 Å². The Balaban J connectivity index is 2.72. The summed E-state index contributed by atoms with van der Waals surface area (Å²) in [6.45, 7) is 0. The maximum atomic E-state index is 9.95. The molecule has 0 spiro atoms. The van der Waals surface area contributed by atoms with Gasteiger partial charge in [0.2, 0.25) is 0 Å². The van der Waals surface area contributed by atoms with Crippen LogP contribution in [0.15, 0.2) is 24.3 Å². The van der Waals surface area contributed by atoms with E-state index in [1.165, 1.54) is 0 Å². The van der Waals surface area contributed by atoms with Crippen LogP contribution in [0.25, 0.3) is 0 Å². The van der Waals surface area contributed by atoms with Crippen LogP contribution >= 0.6 is 0 Å². The average molecular weight is 119 g/mol. The minimum atomic E-state index is 0.473. The summed E-state index contributed by atoms with van der Waals surface area (Å²) in [5.41, 5.74) is 0.951. The maximum absolute atomic E-state index is 9.95. The van der Waals surface area contributed by atoms with E-state index in [-0.39, 0.29) is 0 Å². The first-order chi connectivity index (χ1) is 4.43. The number of hydrogen-bond acceptors (Lipinski definition) is 1. The van der Waals surface area contributed by atoms with E-state index in [0.29, 0.717) is 6.42 Å². The van der Waals surface area contributed by atoms with Gasteiger partial charge in [-0.2, -0.15) is 0 Å². The molecule has 1 aromatic carbocycles. The van der Waals surface area contributed by atoms with Crippen LogP contribution in [0.4, 0.5) is 0 Å². The van der Waals surface area contributed by atoms with Crippen molar-refractivity contribution < 1.29 is 4.79 Å². The van der Waals surface area contributed by atoms with Gasteiger partial charge in [-0.3, -0.25) is 0 Å². The van der Waals surface area contributed by atoms with Crippen LogP contribution in [0, 0.1) is 6.07 Å². The Labute approximate surface area is 54.3 Å². The largest absolute Gasteiger partial charge is 0.303 e. The molecule has 0 aromatic heterocycles. The Hall–Kier alpha value is -1.11. The predicted molar refractivity (Wildman–Crippen MR) is 35.0 cm³/mol. The first kappa shape index (κ1) is 6.02. The van der Waals surface area contributed by atoms with Crippen molar-refractivity contribution in [2.75, 3.05) is 0 Å². The SMILES string of the molecule is O=CCc1[c]cccc1. The van der Waals surface area contributed by atoms with Gasteiger partial charge in [0.1, 0.15) is 6.29 Å². The quantitative estimate of drug-likeness (QED) is 0.535. The Morgan fingerprint density at radius 2 is 2.44 bits per heavy atom. The second-order valence-corrected chi connectivity index (χ2v) is 1.76. The third kappa shape index (κ3) is 1.68. The molecule has 0 amide bonds. The molecule has 0 saturated heterocycles. The van der Waals surface area contributed by atoms with E-state index in [1.54, 1.807) is 6.07 Å². The number of benzene rings is 1. The van der Waals surface area contributed by atoms with Crippen molar-refractivity contribution in [2.24, 2.45) is 0 Å². The zero-order valence-electron chi connectivity index (χ0n) is 5.00. The molecule has 1 nitrogen and oxygen atoms in total. The minimum absolute atomic E-state index is 0.473. The zero-order chi connectivity index (χ0) is 6.53. The van der Waals surface area contributed by atoms with Crippen molar-refractivity contribution in [1.82, 2.24) is 0 Å². The third-order valence-corrected chi connectivity index (χ3v) is 1.08. The van der Waals surface area contributed by atoms with Gasteiger partial charge in [0.15, 0.2) is 0 Å². The van der Waals surface area contributed by atoms with Crippen molar-refractivity contribution >= 4 is 6.29 Å². The normalized spacial score (nSPS) is 8.89. The lowest BCUT2D eigenvalue weighted by atomic mass is 10.2. The van der Waals surface area contributed by atoms with E-state index < -0.39 is 0 Å². The lowest BCUT2D eigenvalue weighted by Gasteiger charge is -1.88. The molecule has 0 bridgehead atoms. The average Bonchev–Trinajstić information content (AvgIpc) is 1.91. The molecule has 1 heteroatoms. The first-order valence-corrected chi connectivity index (χ1v) is 2.82. The van der Waals surface area contributed by atoms with E-state index in [1.807, 2.05) is 18.2 Å².